The summed E-state index contributed by atoms with van der Waals surface area (Å²) in [4.78, 5) is 26.6. The number of carbonyl (C=O) groups is 1. The van der Waals surface area contributed by atoms with Crippen molar-refractivity contribution < 1.29 is 9.53 Å². The van der Waals surface area contributed by atoms with Gasteiger partial charge in [-0.2, -0.15) is 0 Å². The zero-order valence-corrected chi connectivity index (χ0v) is 22.7. The zero-order valence-electron chi connectivity index (χ0n) is 21.9. The Hall–Kier alpha value is -2.78. The average molecular weight is 520 g/mol. The number of piperazine rings is 1. The number of rotatable bonds is 9. The Morgan fingerprint density at radius 1 is 1.08 bits per heavy atom. The van der Waals surface area contributed by atoms with Crippen LogP contribution in [-0.2, 0) is 30.8 Å². The fourth-order valence-electron chi connectivity index (χ4n) is 5.32. The maximum absolute atomic E-state index is 13.3. The molecule has 1 amide bonds. The predicted octanol–water partition coefficient (Wildman–Crippen LogP) is 3.35. The van der Waals surface area contributed by atoms with Crippen LogP contribution >= 0.6 is 11.3 Å². The number of hydrogen-bond acceptors (Lipinski definition) is 7. The first kappa shape index (κ1) is 25.9. The number of carbonyl (C=O) groups excluding carboxylic acids is 1. The van der Waals surface area contributed by atoms with Crippen LogP contribution in [0.4, 0.5) is 0 Å². The van der Waals surface area contributed by atoms with E-state index in [1.807, 2.05) is 11.6 Å². The Labute approximate surface area is 224 Å². The molecule has 1 aromatic heterocycles. The third-order valence-corrected chi connectivity index (χ3v) is 8.03. The minimum atomic E-state index is -0.0578. The standard InChI is InChI=1S/C29H37N5O2S/c1-31(20-26-21-37-22-30-26)18-23-6-5-9-27(16-23)36-15-14-33-10-12-34(13-11-33)29(35)28-17-24-7-3-4-8-25(24)19-32(28)2/h3-9,16,21-22,28H,10-15,17-20H2,1-2H3. The number of hydrogen-bond donors (Lipinski definition) is 0. The molecule has 2 aliphatic heterocycles. The summed E-state index contributed by atoms with van der Waals surface area (Å²) in [7, 11) is 4.18. The molecule has 1 unspecified atom stereocenters. The molecule has 196 valence electrons. The molecule has 5 rings (SSSR count). The Kier molecular flexibility index (Phi) is 8.51. The van der Waals surface area contributed by atoms with Crippen LogP contribution in [0.25, 0.3) is 0 Å². The summed E-state index contributed by atoms with van der Waals surface area (Å²) in [6.07, 6.45) is 0.805. The summed E-state index contributed by atoms with van der Waals surface area (Å²) < 4.78 is 6.10. The van der Waals surface area contributed by atoms with E-state index in [2.05, 4.69) is 86.5 Å². The van der Waals surface area contributed by atoms with Crippen LogP contribution in [0.15, 0.2) is 59.4 Å². The first-order valence-corrected chi connectivity index (χ1v) is 14.0. The molecule has 7 nitrogen and oxygen atoms in total. The van der Waals surface area contributed by atoms with Crippen molar-refractivity contribution in [3.63, 3.8) is 0 Å². The lowest BCUT2D eigenvalue weighted by molar-refractivity contribution is -0.138. The quantitative estimate of drug-likeness (QED) is 0.432. The van der Waals surface area contributed by atoms with Crippen molar-refractivity contribution in [3.05, 3.63) is 81.8 Å². The van der Waals surface area contributed by atoms with Crippen LogP contribution in [0.1, 0.15) is 22.4 Å². The fourth-order valence-corrected chi connectivity index (χ4v) is 5.87. The monoisotopic (exact) mass is 519 g/mol. The van der Waals surface area contributed by atoms with Crippen molar-refractivity contribution in [2.24, 2.45) is 0 Å². The van der Waals surface area contributed by atoms with Gasteiger partial charge in [-0.3, -0.25) is 19.5 Å². The van der Waals surface area contributed by atoms with Crippen LogP contribution in [0.2, 0.25) is 0 Å². The first-order chi connectivity index (χ1) is 18.0. The summed E-state index contributed by atoms with van der Waals surface area (Å²) >= 11 is 1.63. The largest absolute Gasteiger partial charge is 0.492 e. The Bertz CT molecular complexity index is 1160. The van der Waals surface area contributed by atoms with Crippen molar-refractivity contribution in [3.8, 4) is 5.75 Å². The summed E-state index contributed by atoms with van der Waals surface area (Å²) in [5, 5.41) is 2.10. The highest BCUT2D eigenvalue weighted by molar-refractivity contribution is 7.07. The SMILES string of the molecule is CN(Cc1cccc(OCCN2CCN(C(=O)C3Cc4ccccc4CN3C)CC2)c1)Cc1cscn1. The molecular formula is C29H37N5O2S. The second-order valence-corrected chi connectivity index (χ2v) is 10.9. The van der Waals surface area contributed by atoms with Gasteiger partial charge in [-0.05, 0) is 49.3 Å². The van der Waals surface area contributed by atoms with Crippen molar-refractivity contribution >= 4 is 17.2 Å². The van der Waals surface area contributed by atoms with Gasteiger partial charge in [0, 0.05) is 57.7 Å². The molecule has 3 aromatic rings. The van der Waals surface area contributed by atoms with Crippen LogP contribution in [-0.4, -0.2) is 90.0 Å². The first-order valence-electron chi connectivity index (χ1n) is 13.1. The van der Waals surface area contributed by atoms with E-state index in [1.54, 1.807) is 11.3 Å². The number of nitrogens with zero attached hydrogens (tertiary/aromatic N) is 5. The van der Waals surface area contributed by atoms with E-state index < -0.39 is 0 Å². The second-order valence-electron chi connectivity index (χ2n) is 10.2. The van der Waals surface area contributed by atoms with Gasteiger partial charge >= 0.3 is 0 Å². The number of likely N-dealkylation sites (N-methyl/N-ethyl adjacent to an activating group) is 1. The second kappa shape index (κ2) is 12.2. The van der Waals surface area contributed by atoms with Gasteiger partial charge in [0.05, 0.1) is 17.2 Å². The Morgan fingerprint density at radius 3 is 2.68 bits per heavy atom. The molecule has 1 atom stereocenters. The van der Waals surface area contributed by atoms with Crippen LogP contribution < -0.4 is 4.74 Å². The lowest BCUT2D eigenvalue weighted by Crippen LogP contribution is -2.56. The number of aromatic nitrogens is 1. The van der Waals surface area contributed by atoms with Gasteiger partial charge in [-0.1, -0.05) is 36.4 Å². The number of amides is 1. The third-order valence-electron chi connectivity index (χ3n) is 7.40. The Balaban J connectivity index is 1.04. The lowest BCUT2D eigenvalue weighted by atomic mass is 9.93. The summed E-state index contributed by atoms with van der Waals surface area (Å²) in [5.41, 5.74) is 6.87. The molecule has 0 bridgehead atoms. The molecule has 0 saturated carbocycles. The number of thiazole rings is 1. The minimum absolute atomic E-state index is 0.0578. The summed E-state index contributed by atoms with van der Waals surface area (Å²) in [5.74, 6) is 1.18. The molecule has 0 radical (unpaired) electrons. The summed E-state index contributed by atoms with van der Waals surface area (Å²) in [6.45, 7) is 7.40. The highest BCUT2D eigenvalue weighted by Crippen LogP contribution is 2.23. The number of ether oxygens (including phenoxy) is 1. The molecule has 0 N–H and O–H groups in total. The van der Waals surface area contributed by atoms with Crippen molar-refractivity contribution in [2.75, 3.05) is 53.4 Å². The van der Waals surface area contributed by atoms with Crippen LogP contribution in [0.5, 0.6) is 5.75 Å². The fraction of sp³-hybridized carbons (Fsp3) is 0.448. The van der Waals surface area contributed by atoms with Crippen molar-refractivity contribution in [2.45, 2.75) is 32.1 Å². The lowest BCUT2D eigenvalue weighted by Gasteiger charge is -2.40. The molecule has 37 heavy (non-hydrogen) atoms. The van der Waals surface area contributed by atoms with E-state index in [4.69, 9.17) is 4.74 Å². The van der Waals surface area contributed by atoms with E-state index in [0.717, 1.165) is 70.2 Å². The highest BCUT2D eigenvalue weighted by atomic mass is 32.1. The van der Waals surface area contributed by atoms with Crippen molar-refractivity contribution in [1.29, 1.82) is 0 Å². The summed E-state index contributed by atoms with van der Waals surface area (Å²) in [6, 6.07) is 16.8. The molecule has 2 aromatic carbocycles. The normalized spacial score (nSPS) is 18.7. The highest BCUT2D eigenvalue weighted by Gasteiger charge is 2.33. The number of benzene rings is 2. The van der Waals surface area contributed by atoms with E-state index >= 15 is 0 Å². The van der Waals surface area contributed by atoms with E-state index in [1.165, 1.54) is 16.7 Å². The minimum Gasteiger partial charge on any atom is -0.492 e. The molecule has 0 aliphatic carbocycles. The van der Waals surface area contributed by atoms with Gasteiger partial charge in [0.1, 0.15) is 12.4 Å². The van der Waals surface area contributed by atoms with Gasteiger partial charge in [0.25, 0.3) is 0 Å². The average Bonchev–Trinajstić information content (AvgIpc) is 3.41. The molecule has 1 saturated heterocycles. The van der Waals surface area contributed by atoms with Gasteiger partial charge in [-0.15, -0.1) is 11.3 Å². The van der Waals surface area contributed by atoms with Crippen LogP contribution in [0, 0.1) is 0 Å². The maximum Gasteiger partial charge on any atom is 0.240 e. The molecule has 1 fully saturated rings. The van der Waals surface area contributed by atoms with Gasteiger partial charge in [0.2, 0.25) is 5.91 Å². The van der Waals surface area contributed by atoms with E-state index in [0.29, 0.717) is 6.61 Å². The van der Waals surface area contributed by atoms with E-state index in [9.17, 15) is 4.79 Å². The van der Waals surface area contributed by atoms with Crippen LogP contribution in [0.3, 0.4) is 0 Å². The molecular weight excluding hydrogens is 482 g/mol. The molecule has 8 heteroatoms. The number of fused-ring (bicyclic) bond motifs is 1. The zero-order chi connectivity index (χ0) is 25.6. The molecule has 2 aliphatic rings. The third kappa shape index (κ3) is 6.76. The maximum atomic E-state index is 13.3. The molecule has 0 spiro atoms. The Morgan fingerprint density at radius 2 is 1.89 bits per heavy atom. The van der Waals surface area contributed by atoms with Crippen molar-refractivity contribution in [1.82, 2.24) is 24.6 Å². The molecule has 3 heterocycles. The van der Waals surface area contributed by atoms with Gasteiger partial charge in [-0.25, -0.2) is 4.98 Å². The topological polar surface area (TPSA) is 52.2 Å². The van der Waals surface area contributed by atoms with Gasteiger partial charge in [0.15, 0.2) is 0 Å². The smallest absolute Gasteiger partial charge is 0.240 e. The van der Waals surface area contributed by atoms with Gasteiger partial charge < -0.3 is 9.64 Å². The predicted molar refractivity (Wildman–Crippen MR) is 148 cm³/mol. The van der Waals surface area contributed by atoms with E-state index in [-0.39, 0.29) is 11.9 Å².